The number of aliphatic imine (C=N–C) groups is 1. The van der Waals surface area contributed by atoms with Gasteiger partial charge in [-0.05, 0) is 56.6 Å². The third-order valence-corrected chi connectivity index (χ3v) is 5.16. The molecule has 1 fully saturated rings. The maximum absolute atomic E-state index is 14.1. The van der Waals surface area contributed by atoms with Crippen LogP contribution in [0.2, 0.25) is 0 Å². The minimum Gasteiger partial charge on any atom is -0.357 e. The predicted octanol–water partition coefficient (Wildman–Crippen LogP) is 3.59. The topological polar surface area (TPSA) is 63.5 Å². The molecule has 5 nitrogen and oxygen atoms in total. The van der Waals surface area contributed by atoms with Gasteiger partial charge in [0.15, 0.2) is 5.96 Å². The summed E-state index contributed by atoms with van der Waals surface area (Å²) >= 11 is 0. The Hall–Kier alpha value is -2.91. The third kappa shape index (κ3) is 5.78. The van der Waals surface area contributed by atoms with Crippen molar-refractivity contribution < 1.29 is 4.39 Å². The highest BCUT2D eigenvalue weighted by Crippen LogP contribution is 2.24. The SMILES string of the molecule is CCNC(=NCc1cc(C#N)ccc1F)NCC(c1ccccc1)N1CCCC1. The van der Waals surface area contributed by atoms with E-state index in [9.17, 15) is 4.39 Å². The molecular formula is C23H28FN5. The fourth-order valence-electron chi connectivity index (χ4n) is 3.65. The van der Waals surface area contributed by atoms with Crippen LogP contribution in [0.4, 0.5) is 4.39 Å². The van der Waals surface area contributed by atoms with Gasteiger partial charge < -0.3 is 10.6 Å². The standard InChI is InChI=1S/C23H28FN5/c1-2-26-23(27-16-20-14-18(15-25)10-11-21(20)24)28-17-22(29-12-6-7-13-29)19-8-4-3-5-9-19/h3-5,8-11,14,22H,2,6-7,12-13,16-17H2,1H3,(H2,26,27,28). The number of nitrogens with one attached hydrogen (secondary N) is 2. The molecular weight excluding hydrogens is 365 g/mol. The van der Waals surface area contributed by atoms with Gasteiger partial charge in [0.1, 0.15) is 5.82 Å². The Morgan fingerprint density at radius 2 is 1.93 bits per heavy atom. The summed E-state index contributed by atoms with van der Waals surface area (Å²) in [6, 6.07) is 17.2. The van der Waals surface area contributed by atoms with Crippen molar-refractivity contribution in [2.24, 2.45) is 4.99 Å². The van der Waals surface area contributed by atoms with Crippen molar-refractivity contribution in [2.75, 3.05) is 26.2 Å². The van der Waals surface area contributed by atoms with E-state index < -0.39 is 0 Å². The van der Waals surface area contributed by atoms with Crippen molar-refractivity contribution in [3.05, 3.63) is 71.0 Å². The molecule has 1 saturated heterocycles. The van der Waals surface area contributed by atoms with E-state index in [1.54, 1.807) is 6.07 Å². The van der Waals surface area contributed by atoms with Gasteiger partial charge in [0, 0.05) is 18.7 Å². The molecule has 0 aliphatic carbocycles. The van der Waals surface area contributed by atoms with E-state index >= 15 is 0 Å². The van der Waals surface area contributed by atoms with Crippen molar-refractivity contribution >= 4 is 5.96 Å². The van der Waals surface area contributed by atoms with Crippen molar-refractivity contribution in [1.82, 2.24) is 15.5 Å². The van der Waals surface area contributed by atoms with Gasteiger partial charge in [-0.1, -0.05) is 30.3 Å². The van der Waals surface area contributed by atoms with Crippen LogP contribution in [0.5, 0.6) is 0 Å². The summed E-state index contributed by atoms with van der Waals surface area (Å²) in [5.74, 6) is 0.303. The van der Waals surface area contributed by atoms with Gasteiger partial charge in [-0.2, -0.15) is 5.26 Å². The molecule has 152 valence electrons. The number of rotatable bonds is 7. The number of nitriles is 1. The molecule has 1 aliphatic rings. The average Bonchev–Trinajstić information content (AvgIpc) is 3.28. The minimum absolute atomic E-state index is 0.177. The lowest BCUT2D eigenvalue weighted by atomic mass is 10.1. The molecule has 2 aromatic rings. The number of likely N-dealkylation sites (tertiary alicyclic amines) is 1. The fraction of sp³-hybridized carbons (Fsp3) is 0.391. The van der Waals surface area contributed by atoms with E-state index in [4.69, 9.17) is 5.26 Å². The Bertz CT molecular complexity index is 853. The Morgan fingerprint density at radius 1 is 1.17 bits per heavy atom. The highest BCUT2D eigenvalue weighted by atomic mass is 19.1. The molecule has 1 aliphatic heterocycles. The number of nitrogens with zero attached hydrogens (tertiary/aromatic N) is 3. The van der Waals surface area contributed by atoms with Crippen molar-refractivity contribution in [1.29, 1.82) is 5.26 Å². The molecule has 1 heterocycles. The summed E-state index contributed by atoms with van der Waals surface area (Å²) in [5, 5.41) is 15.7. The van der Waals surface area contributed by atoms with Gasteiger partial charge in [0.25, 0.3) is 0 Å². The molecule has 1 atom stereocenters. The first kappa shape index (κ1) is 20.8. The molecule has 2 aromatic carbocycles. The van der Waals surface area contributed by atoms with E-state index in [1.165, 1.54) is 30.5 Å². The number of guanidine groups is 1. The molecule has 0 amide bonds. The number of hydrogen-bond acceptors (Lipinski definition) is 3. The molecule has 2 N–H and O–H groups in total. The first-order valence-electron chi connectivity index (χ1n) is 10.2. The quantitative estimate of drug-likeness (QED) is 0.557. The molecule has 3 rings (SSSR count). The molecule has 0 aromatic heterocycles. The first-order chi connectivity index (χ1) is 14.2. The number of benzene rings is 2. The van der Waals surface area contributed by atoms with Crippen LogP contribution in [0.3, 0.4) is 0 Å². The number of hydrogen-bond donors (Lipinski definition) is 2. The largest absolute Gasteiger partial charge is 0.357 e. The van der Waals surface area contributed by atoms with E-state index in [-0.39, 0.29) is 18.4 Å². The van der Waals surface area contributed by atoms with Crippen molar-refractivity contribution in [3.8, 4) is 6.07 Å². The van der Waals surface area contributed by atoms with Crippen LogP contribution in [-0.2, 0) is 6.54 Å². The fourth-order valence-corrected chi connectivity index (χ4v) is 3.65. The smallest absolute Gasteiger partial charge is 0.191 e. The third-order valence-electron chi connectivity index (χ3n) is 5.16. The molecule has 29 heavy (non-hydrogen) atoms. The summed E-state index contributed by atoms with van der Waals surface area (Å²) in [5.41, 5.74) is 2.14. The Morgan fingerprint density at radius 3 is 2.62 bits per heavy atom. The Labute approximate surface area is 172 Å². The monoisotopic (exact) mass is 393 g/mol. The lowest BCUT2D eigenvalue weighted by Crippen LogP contribution is -2.42. The molecule has 6 heteroatoms. The van der Waals surface area contributed by atoms with Crippen LogP contribution in [-0.4, -0.2) is 37.0 Å². The highest BCUT2D eigenvalue weighted by molar-refractivity contribution is 5.79. The summed E-state index contributed by atoms with van der Waals surface area (Å²) < 4.78 is 14.1. The lowest BCUT2D eigenvalue weighted by molar-refractivity contribution is 0.245. The maximum Gasteiger partial charge on any atom is 0.191 e. The van der Waals surface area contributed by atoms with Crippen molar-refractivity contribution in [2.45, 2.75) is 32.4 Å². The molecule has 1 unspecified atom stereocenters. The Balaban J connectivity index is 1.71. The molecule has 0 radical (unpaired) electrons. The first-order valence-corrected chi connectivity index (χ1v) is 10.2. The van der Waals surface area contributed by atoms with Crippen LogP contribution in [0.1, 0.15) is 42.5 Å². The van der Waals surface area contributed by atoms with Gasteiger partial charge in [0.05, 0.1) is 24.2 Å². The average molecular weight is 394 g/mol. The van der Waals surface area contributed by atoms with Crippen LogP contribution in [0, 0.1) is 17.1 Å². The van der Waals surface area contributed by atoms with Gasteiger partial charge in [0.2, 0.25) is 0 Å². The zero-order valence-electron chi connectivity index (χ0n) is 16.9. The number of halogens is 1. The molecule has 0 bridgehead atoms. The van der Waals surface area contributed by atoms with Gasteiger partial charge >= 0.3 is 0 Å². The van der Waals surface area contributed by atoms with Gasteiger partial charge in [-0.3, -0.25) is 4.90 Å². The zero-order valence-corrected chi connectivity index (χ0v) is 16.9. The van der Waals surface area contributed by atoms with Gasteiger partial charge in [-0.25, -0.2) is 9.38 Å². The second kappa shape index (κ2) is 10.6. The molecule has 0 spiro atoms. The summed E-state index contributed by atoms with van der Waals surface area (Å²) in [4.78, 5) is 7.04. The second-order valence-corrected chi connectivity index (χ2v) is 7.16. The summed E-state index contributed by atoms with van der Waals surface area (Å²) in [6.07, 6.45) is 2.46. The predicted molar refractivity (Wildman–Crippen MR) is 114 cm³/mol. The lowest BCUT2D eigenvalue weighted by Gasteiger charge is -2.29. The van der Waals surface area contributed by atoms with E-state index in [1.807, 2.05) is 19.1 Å². The van der Waals surface area contributed by atoms with Gasteiger partial charge in [-0.15, -0.1) is 0 Å². The van der Waals surface area contributed by atoms with Crippen molar-refractivity contribution in [3.63, 3.8) is 0 Å². The summed E-state index contributed by atoms with van der Waals surface area (Å²) in [7, 11) is 0. The van der Waals surface area contributed by atoms with E-state index in [0.29, 0.717) is 23.6 Å². The highest BCUT2D eigenvalue weighted by Gasteiger charge is 2.23. The zero-order chi connectivity index (χ0) is 20.5. The molecule has 0 saturated carbocycles. The second-order valence-electron chi connectivity index (χ2n) is 7.16. The van der Waals surface area contributed by atoms with Crippen LogP contribution >= 0.6 is 0 Å². The van der Waals surface area contributed by atoms with Crippen LogP contribution < -0.4 is 10.6 Å². The Kier molecular flexibility index (Phi) is 7.60. The van der Waals surface area contributed by atoms with Crippen LogP contribution in [0.25, 0.3) is 0 Å². The van der Waals surface area contributed by atoms with E-state index in [2.05, 4.69) is 44.8 Å². The van der Waals surface area contributed by atoms with E-state index in [0.717, 1.165) is 19.6 Å². The normalized spacial score (nSPS) is 15.7. The van der Waals surface area contributed by atoms with Crippen LogP contribution in [0.15, 0.2) is 53.5 Å². The summed E-state index contributed by atoms with van der Waals surface area (Å²) in [6.45, 7) is 5.81. The maximum atomic E-state index is 14.1. The minimum atomic E-state index is -0.345.